The van der Waals surface area contributed by atoms with Crippen LogP contribution in [0, 0.1) is 0 Å². The number of pyridine rings is 2. The van der Waals surface area contributed by atoms with Crippen LogP contribution in [0.25, 0.3) is 0 Å². The van der Waals surface area contributed by atoms with Gasteiger partial charge in [-0.15, -0.1) is 0 Å². The van der Waals surface area contributed by atoms with Crippen molar-refractivity contribution in [2.45, 2.75) is 13.3 Å². The molecular formula is C14H14BrClN4O. The number of hydrogen-bond acceptors (Lipinski definition) is 4. The van der Waals surface area contributed by atoms with Crippen molar-refractivity contribution >= 4 is 45.1 Å². The maximum absolute atomic E-state index is 12.2. The molecule has 0 aliphatic heterocycles. The maximum Gasteiger partial charge on any atom is 0.277 e. The summed E-state index contributed by atoms with van der Waals surface area (Å²) >= 11 is 9.32. The van der Waals surface area contributed by atoms with Crippen LogP contribution in [0.5, 0.6) is 0 Å². The largest absolute Gasteiger partial charge is 0.370 e. The van der Waals surface area contributed by atoms with Crippen LogP contribution in [0.2, 0.25) is 5.02 Å². The molecule has 0 aliphatic carbocycles. The van der Waals surface area contributed by atoms with Crippen LogP contribution >= 0.6 is 27.5 Å². The molecule has 2 N–H and O–H groups in total. The lowest BCUT2D eigenvalue weighted by Gasteiger charge is -2.08. The summed E-state index contributed by atoms with van der Waals surface area (Å²) in [7, 11) is 0. The van der Waals surface area contributed by atoms with E-state index >= 15 is 0 Å². The highest BCUT2D eigenvalue weighted by atomic mass is 79.9. The second kappa shape index (κ2) is 7.38. The molecule has 2 aromatic heterocycles. The number of amides is 1. The smallest absolute Gasteiger partial charge is 0.277 e. The lowest BCUT2D eigenvalue weighted by molar-refractivity contribution is 0.102. The van der Waals surface area contributed by atoms with E-state index in [2.05, 4.69) is 43.5 Å². The number of nitrogens with one attached hydrogen (secondary N) is 2. The van der Waals surface area contributed by atoms with Crippen molar-refractivity contribution in [1.82, 2.24) is 9.97 Å². The molecule has 110 valence electrons. The molecule has 0 aromatic carbocycles. The van der Waals surface area contributed by atoms with Crippen molar-refractivity contribution in [3.8, 4) is 0 Å². The first kappa shape index (κ1) is 15.7. The summed E-state index contributed by atoms with van der Waals surface area (Å²) in [6.07, 6.45) is 2.57. The molecule has 0 aliphatic rings. The molecule has 2 heterocycles. The molecule has 21 heavy (non-hydrogen) atoms. The van der Waals surface area contributed by atoms with Crippen molar-refractivity contribution in [3.63, 3.8) is 0 Å². The molecule has 5 nitrogen and oxygen atoms in total. The quantitative estimate of drug-likeness (QED) is 0.837. The zero-order valence-corrected chi connectivity index (χ0v) is 13.7. The second-order valence-electron chi connectivity index (χ2n) is 4.27. The monoisotopic (exact) mass is 368 g/mol. The third kappa shape index (κ3) is 4.41. The lowest BCUT2D eigenvalue weighted by Crippen LogP contribution is -2.16. The summed E-state index contributed by atoms with van der Waals surface area (Å²) in [4.78, 5) is 20.5. The van der Waals surface area contributed by atoms with Crippen LogP contribution in [0.15, 0.2) is 34.9 Å². The van der Waals surface area contributed by atoms with E-state index in [9.17, 15) is 4.79 Å². The Morgan fingerprint density at radius 1 is 1.29 bits per heavy atom. The van der Waals surface area contributed by atoms with E-state index in [1.54, 1.807) is 30.5 Å². The summed E-state index contributed by atoms with van der Waals surface area (Å²) < 4.78 is 0.836. The number of aromatic nitrogens is 2. The molecule has 2 rings (SSSR count). The maximum atomic E-state index is 12.2. The van der Waals surface area contributed by atoms with Gasteiger partial charge in [0, 0.05) is 17.2 Å². The van der Waals surface area contributed by atoms with Crippen LogP contribution in [-0.4, -0.2) is 22.4 Å². The standard InChI is InChI=1S/C14H14BrClN4O/c1-2-7-17-11-6-4-10(16)13(19-11)14(21)20-12-5-3-9(15)8-18-12/h3-6,8H,2,7H2,1H3,(H,17,19)(H,18,20,21). The molecule has 0 atom stereocenters. The molecule has 0 fully saturated rings. The van der Waals surface area contributed by atoms with Crippen molar-refractivity contribution in [2.24, 2.45) is 0 Å². The van der Waals surface area contributed by atoms with E-state index in [0.29, 0.717) is 16.7 Å². The van der Waals surface area contributed by atoms with Gasteiger partial charge in [0.1, 0.15) is 17.3 Å². The molecule has 1 amide bonds. The molecule has 0 bridgehead atoms. The summed E-state index contributed by atoms with van der Waals surface area (Å²) in [6, 6.07) is 6.87. The fourth-order valence-electron chi connectivity index (χ4n) is 1.58. The Morgan fingerprint density at radius 3 is 2.71 bits per heavy atom. The minimum atomic E-state index is -0.394. The molecule has 2 aromatic rings. The van der Waals surface area contributed by atoms with E-state index in [1.807, 2.05) is 0 Å². The van der Waals surface area contributed by atoms with E-state index in [0.717, 1.165) is 17.4 Å². The van der Waals surface area contributed by atoms with Crippen LogP contribution in [0.4, 0.5) is 11.6 Å². The van der Waals surface area contributed by atoms with Gasteiger partial charge in [-0.3, -0.25) is 4.79 Å². The van der Waals surface area contributed by atoms with Gasteiger partial charge < -0.3 is 10.6 Å². The lowest BCUT2D eigenvalue weighted by atomic mass is 10.3. The highest BCUT2D eigenvalue weighted by Crippen LogP contribution is 2.18. The number of carbonyl (C=O) groups excluding carboxylic acids is 1. The van der Waals surface area contributed by atoms with E-state index in [4.69, 9.17) is 11.6 Å². The predicted octanol–water partition coefficient (Wildman–Crippen LogP) is 3.97. The highest BCUT2D eigenvalue weighted by molar-refractivity contribution is 9.10. The van der Waals surface area contributed by atoms with Crippen molar-refractivity contribution in [3.05, 3.63) is 45.7 Å². The topological polar surface area (TPSA) is 66.9 Å². The fraction of sp³-hybridized carbons (Fsp3) is 0.214. The second-order valence-corrected chi connectivity index (χ2v) is 5.59. The number of hydrogen-bond donors (Lipinski definition) is 2. The Labute approximate surface area is 136 Å². The number of carbonyl (C=O) groups is 1. The van der Waals surface area contributed by atoms with Crippen molar-refractivity contribution < 1.29 is 4.79 Å². The van der Waals surface area contributed by atoms with Crippen molar-refractivity contribution in [2.75, 3.05) is 17.2 Å². The summed E-state index contributed by atoms with van der Waals surface area (Å²) in [5.74, 6) is 0.665. The molecule has 0 saturated carbocycles. The van der Waals surface area contributed by atoms with Crippen molar-refractivity contribution in [1.29, 1.82) is 0 Å². The highest BCUT2D eigenvalue weighted by Gasteiger charge is 2.14. The molecule has 0 unspecified atom stereocenters. The van der Waals surface area contributed by atoms with Crippen LogP contribution in [0.1, 0.15) is 23.8 Å². The normalized spacial score (nSPS) is 10.2. The Morgan fingerprint density at radius 2 is 2.05 bits per heavy atom. The summed E-state index contributed by atoms with van der Waals surface area (Å²) in [5.41, 5.74) is 0.169. The third-order valence-corrected chi connectivity index (χ3v) is 3.36. The predicted molar refractivity (Wildman–Crippen MR) is 87.9 cm³/mol. The average Bonchev–Trinajstić information content (AvgIpc) is 2.48. The Hall–Kier alpha value is -1.66. The van der Waals surface area contributed by atoms with Gasteiger partial charge in [0.15, 0.2) is 0 Å². The summed E-state index contributed by atoms with van der Waals surface area (Å²) in [5, 5.41) is 6.08. The fourth-order valence-corrected chi connectivity index (χ4v) is 2.00. The molecule has 0 radical (unpaired) electrons. The molecule has 0 spiro atoms. The van der Waals surface area contributed by atoms with E-state index in [1.165, 1.54) is 0 Å². The number of rotatable bonds is 5. The van der Waals surface area contributed by atoms with Crippen LogP contribution in [0.3, 0.4) is 0 Å². The van der Waals surface area contributed by atoms with E-state index < -0.39 is 5.91 Å². The zero-order valence-electron chi connectivity index (χ0n) is 11.4. The minimum absolute atomic E-state index is 0.169. The Kier molecular flexibility index (Phi) is 5.52. The minimum Gasteiger partial charge on any atom is -0.370 e. The molecular weight excluding hydrogens is 356 g/mol. The van der Waals surface area contributed by atoms with Gasteiger partial charge in [-0.25, -0.2) is 9.97 Å². The molecule has 0 saturated heterocycles. The summed E-state index contributed by atoms with van der Waals surface area (Å²) in [6.45, 7) is 2.83. The first-order chi connectivity index (χ1) is 10.1. The van der Waals surface area contributed by atoms with Crippen LogP contribution < -0.4 is 10.6 Å². The number of anilines is 2. The van der Waals surface area contributed by atoms with Crippen LogP contribution in [-0.2, 0) is 0 Å². The van der Waals surface area contributed by atoms with Gasteiger partial charge >= 0.3 is 0 Å². The van der Waals surface area contributed by atoms with Gasteiger partial charge in [0.25, 0.3) is 5.91 Å². The van der Waals surface area contributed by atoms with Gasteiger partial charge in [-0.2, -0.15) is 0 Å². The SMILES string of the molecule is CCCNc1ccc(Cl)c(C(=O)Nc2ccc(Br)cn2)n1. The van der Waals surface area contributed by atoms with Gasteiger partial charge in [0.2, 0.25) is 0 Å². The number of nitrogens with zero attached hydrogens (tertiary/aromatic N) is 2. The first-order valence-electron chi connectivity index (χ1n) is 6.43. The third-order valence-electron chi connectivity index (χ3n) is 2.59. The van der Waals surface area contributed by atoms with Gasteiger partial charge in [0.05, 0.1) is 5.02 Å². The Bertz CT molecular complexity index is 633. The number of halogens is 2. The van der Waals surface area contributed by atoms with Gasteiger partial charge in [-0.1, -0.05) is 18.5 Å². The first-order valence-corrected chi connectivity index (χ1v) is 7.60. The zero-order chi connectivity index (χ0) is 15.2. The van der Waals surface area contributed by atoms with Gasteiger partial charge in [-0.05, 0) is 46.6 Å². The average molecular weight is 370 g/mol. The Balaban J connectivity index is 2.15. The molecule has 7 heteroatoms. The van der Waals surface area contributed by atoms with E-state index in [-0.39, 0.29) is 5.69 Å².